The maximum absolute atomic E-state index is 14.3. The average Bonchev–Trinajstić information content (AvgIpc) is 3.25. The number of nitrogens with zero attached hydrogens (tertiary/aromatic N) is 4. The molecule has 1 aromatic heterocycles. The number of carbonyl (C=O) groups excluding carboxylic acids is 3. The largest absolute Gasteiger partial charge is 0.451 e. The van der Waals surface area contributed by atoms with Gasteiger partial charge in [-0.05, 0) is 57.4 Å². The Bertz CT molecular complexity index is 1700. The molecule has 2 aromatic carbocycles. The minimum atomic E-state index is -4.34. The number of carbonyl (C=O) groups is 3. The summed E-state index contributed by atoms with van der Waals surface area (Å²) < 4.78 is 38.2. The standard InChI is InChI=1S/C35H41N5O7S/c1-35(24-46-34(43)37-19-20-39(4)22-21-38(2)3)30(33(42)47-29(25-13-7-5-8-14-25)26-15-9-6-10-16-26)40-31(41)28(32(40)48(35,44)45)23-27-17-11-12-18-36-27/h5-18,23,29-30,32H,19-22,24H2,1-4H3,(H,37,43)/b28-23-/t30-,32+,35-/m0/s1. The number of hydrogen-bond donors (Lipinski definition) is 1. The first-order valence-corrected chi connectivity index (χ1v) is 17.2. The number of β-lactam (4-membered cyclic amide) rings is 1. The van der Waals surface area contributed by atoms with Crippen LogP contribution >= 0.6 is 0 Å². The summed E-state index contributed by atoms with van der Waals surface area (Å²) in [5.41, 5.74) is 1.69. The van der Waals surface area contributed by atoms with E-state index in [4.69, 9.17) is 9.47 Å². The molecule has 0 unspecified atom stereocenters. The Labute approximate surface area is 281 Å². The van der Waals surface area contributed by atoms with Crippen LogP contribution in [0.1, 0.15) is 29.8 Å². The van der Waals surface area contributed by atoms with Gasteiger partial charge in [-0.25, -0.2) is 18.0 Å². The first-order valence-electron chi connectivity index (χ1n) is 15.7. The van der Waals surface area contributed by atoms with Crippen molar-refractivity contribution in [2.75, 3.05) is 53.9 Å². The molecule has 2 aliphatic rings. The molecule has 2 amide bonds. The molecule has 13 heteroatoms. The number of alkyl carbamates (subject to hydrolysis) is 1. The van der Waals surface area contributed by atoms with E-state index in [2.05, 4.69) is 15.2 Å². The highest BCUT2D eigenvalue weighted by Gasteiger charge is 2.73. The molecule has 2 fully saturated rings. The van der Waals surface area contributed by atoms with Gasteiger partial charge in [-0.2, -0.15) is 0 Å². The molecule has 5 rings (SSSR count). The number of sulfone groups is 1. The highest BCUT2D eigenvalue weighted by atomic mass is 32.2. The van der Waals surface area contributed by atoms with Crippen LogP contribution in [0.4, 0.5) is 4.79 Å². The van der Waals surface area contributed by atoms with Gasteiger partial charge in [0.2, 0.25) is 0 Å². The molecule has 3 heterocycles. The first kappa shape index (κ1) is 34.7. The Morgan fingerprint density at radius 3 is 2.17 bits per heavy atom. The van der Waals surface area contributed by atoms with E-state index in [1.165, 1.54) is 19.2 Å². The lowest BCUT2D eigenvalue weighted by molar-refractivity contribution is -0.161. The summed E-state index contributed by atoms with van der Waals surface area (Å²) in [7, 11) is 1.53. The van der Waals surface area contributed by atoms with Gasteiger partial charge in [0.15, 0.2) is 27.4 Å². The van der Waals surface area contributed by atoms with Crippen LogP contribution in [-0.4, -0.2) is 116 Å². The minimum Gasteiger partial charge on any atom is -0.451 e. The average molecular weight is 676 g/mol. The van der Waals surface area contributed by atoms with Crippen LogP contribution in [0.25, 0.3) is 6.08 Å². The summed E-state index contributed by atoms with van der Waals surface area (Å²) in [5.74, 6) is -1.57. The van der Waals surface area contributed by atoms with E-state index in [9.17, 15) is 22.8 Å². The Kier molecular flexibility index (Phi) is 10.6. The van der Waals surface area contributed by atoms with Gasteiger partial charge in [0.05, 0.1) is 11.3 Å². The van der Waals surface area contributed by atoms with E-state index < -0.39 is 56.7 Å². The maximum atomic E-state index is 14.3. The summed E-state index contributed by atoms with van der Waals surface area (Å²) in [6.45, 7) is 3.07. The number of amides is 2. The molecule has 0 radical (unpaired) electrons. The number of nitrogens with one attached hydrogen (secondary N) is 1. The number of likely N-dealkylation sites (N-methyl/N-ethyl adjacent to an activating group) is 2. The predicted molar refractivity (Wildman–Crippen MR) is 180 cm³/mol. The summed E-state index contributed by atoms with van der Waals surface area (Å²) >= 11 is 0. The lowest BCUT2D eigenvalue weighted by Crippen LogP contribution is -2.60. The fraction of sp³-hybridized carbons (Fsp3) is 0.371. The second-order valence-electron chi connectivity index (χ2n) is 12.4. The minimum absolute atomic E-state index is 0.0249. The molecular formula is C35H41N5O7S. The van der Waals surface area contributed by atoms with Crippen LogP contribution < -0.4 is 5.32 Å². The third-order valence-electron chi connectivity index (χ3n) is 8.64. The Morgan fingerprint density at radius 2 is 1.58 bits per heavy atom. The molecular weight excluding hydrogens is 634 g/mol. The molecule has 2 aliphatic heterocycles. The zero-order valence-electron chi connectivity index (χ0n) is 27.5. The monoisotopic (exact) mass is 675 g/mol. The van der Waals surface area contributed by atoms with Crippen molar-refractivity contribution in [2.24, 2.45) is 0 Å². The number of aromatic nitrogens is 1. The van der Waals surface area contributed by atoms with E-state index in [0.29, 0.717) is 23.4 Å². The van der Waals surface area contributed by atoms with Crippen LogP contribution in [-0.2, 0) is 28.9 Å². The van der Waals surface area contributed by atoms with E-state index >= 15 is 0 Å². The zero-order chi connectivity index (χ0) is 34.5. The van der Waals surface area contributed by atoms with E-state index in [-0.39, 0.29) is 12.1 Å². The molecule has 12 nitrogen and oxygen atoms in total. The third-order valence-corrected chi connectivity index (χ3v) is 11.3. The fourth-order valence-electron chi connectivity index (χ4n) is 5.85. The number of pyridine rings is 1. The summed E-state index contributed by atoms with van der Waals surface area (Å²) in [6, 6.07) is 21.5. The zero-order valence-corrected chi connectivity index (χ0v) is 28.3. The van der Waals surface area contributed by atoms with Crippen LogP contribution in [0, 0.1) is 0 Å². The van der Waals surface area contributed by atoms with Crippen LogP contribution in [0.5, 0.6) is 0 Å². The van der Waals surface area contributed by atoms with Gasteiger partial charge in [-0.15, -0.1) is 0 Å². The molecule has 3 atom stereocenters. The highest BCUT2D eigenvalue weighted by Crippen LogP contribution is 2.50. The molecule has 3 aromatic rings. The summed E-state index contributed by atoms with van der Waals surface area (Å²) in [4.78, 5) is 50.0. The number of benzene rings is 2. The highest BCUT2D eigenvalue weighted by molar-refractivity contribution is 7.94. The lowest BCUT2D eigenvalue weighted by atomic mass is 9.94. The summed E-state index contributed by atoms with van der Waals surface area (Å²) in [5, 5.41) is 1.20. The van der Waals surface area contributed by atoms with Gasteiger partial charge >= 0.3 is 12.1 Å². The van der Waals surface area contributed by atoms with E-state index in [1.807, 2.05) is 38.2 Å². The van der Waals surface area contributed by atoms with Crippen molar-refractivity contribution < 1.29 is 32.3 Å². The SMILES string of the molecule is CN(C)CCN(C)CCNC(=O)OC[C@@]1(C)[C@H](C(=O)OC(c2ccccc2)c2ccccc2)N2C(=O)/C(=C/c3ccccn3)[C@H]2S1(=O)=O. The Balaban J connectivity index is 1.42. The van der Waals surface area contributed by atoms with Crippen molar-refractivity contribution in [3.8, 4) is 0 Å². The number of hydrogen-bond acceptors (Lipinski definition) is 10. The number of ether oxygens (including phenoxy) is 2. The Hall–Kier alpha value is -4.59. The second-order valence-corrected chi connectivity index (χ2v) is 14.9. The molecule has 0 spiro atoms. The van der Waals surface area contributed by atoms with Crippen molar-refractivity contribution >= 4 is 33.9 Å². The van der Waals surface area contributed by atoms with Crippen molar-refractivity contribution in [1.29, 1.82) is 0 Å². The molecule has 0 bridgehead atoms. The van der Waals surface area contributed by atoms with Crippen LogP contribution in [0.2, 0.25) is 0 Å². The normalized spacial score (nSPS) is 22.1. The lowest BCUT2D eigenvalue weighted by Gasteiger charge is -2.39. The molecule has 0 aliphatic carbocycles. The van der Waals surface area contributed by atoms with Crippen molar-refractivity contribution in [3.63, 3.8) is 0 Å². The van der Waals surface area contributed by atoms with Crippen molar-refractivity contribution in [1.82, 2.24) is 25.0 Å². The molecule has 2 saturated heterocycles. The van der Waals surface area contributed by atoms with Gasteiger partial charge in [0.25, 0.3) is 5.91 Å². The maximum Gasteiger partial charge on any atom is 0.407 e. The third kappa shape index (κ3) is 7.13. The van der Waals surface area contributed by atoms with Gasteiger partial charge < -0.3 is 29.5 Å². The van der Waals surface area contributed by atoms with Gasteiger partial charge in [-0.1, -0.05) is 66.7 Å². The van der Waals surface area contributed by atoms with Gasteiger partial charge in [-0.3, -0.25) is 9.78 Å². The van der Waals surface area contributed by atoms with E-state index in [0.717, 1.165) is 18.0 Å². The quantitative estimate of drug-likeness (QED) is 0.164. The molecule has 48 heavy (non-hydrogen) atoms. The predicted octanol–water partition coefficient (Wildman–Crippen LogP) is 2.74. The van der Waals surface area contributed by atoms with Gasteiger partial charge in [0.1, 0.15) is 11.4 Å². The fourth-order valence-corrected chi connectivity index (χ4v) is 8.13. The second kappa shape index (κ2) is 14.7. The molecule has 254 valence electrons. The smallest absolute Gasteiger partial charge is 0.407 e. The number of fused-ring (bicyclic) bond motifs is 1. The van der Waals surface area contributed by atoms with E-state index in [1.54, 1.807) is 66.7 Å². The number of rotatable bonds is 13. The van der Waals surface area contributed by atoms with Crippen molar-refractivity contribution in [3.05, 3.63) is 107 Å². The summed E-state index contributed by atoms with van der Waals surface area (Å²) in [6.07, 6.45) is 1.21. The first-order chi connectivity index (χ1) is 22.9. The van der Waals surface area contributed by atoms with Crippen LogP contribution in [0.3, 0.4) is 0 Å². The molecule has 0 saturated carbocycles. The van der Waals surface area contributed by atoms with Crippen LogP contribution in [0.15, 0.2) is 90.6 Å². The number of esters is 1. The van der Waals surface area contributed by atoms with Crippen molar-refractivity contribution in [2.45, 2.75) is 29.2 Å². The topological polar surface area (TPSA) is 138 Å². The van der Waals surface area contributed by atoms with Gasteiger partial charge in [0, 0.05) is 32.4 Å². The molecule has 1 N–H and O–H groups in total. The Morgan fingerprint density at radius 1 is 0.958 bits per heavy atom.